The molecule has 0 spiro atoms. The van der Waals surface area contributed by atoms with Gasteiger partial charge in [0, 0.05) is 6.61 Å². The van der Waals surface area contributed by atoms with E-state index in [1.807, 2.05) is 0 Å². The average molecular weight is 204 g/mol. The molecule has 84 valence electrons. The molecular weight excluding hydrogens is 184 g/mol. The van der Waals surface area contributed by atoms with Crippen molar-refractivity contribution in [2.75, 3.05) is 46.2 Å². The molecule has 1 unspecified atom stereocenters. The van der Waals surface area contributed by atoms with Crippen molar-refractivity contribution in [3.63, 3.8) is 0 Å². The maximum atomic E-state index is 5.25. The van der Waals surface area contributed by atoms with Crippen LogP contribution in [0.3, 0.4) is 0 Å². The molecule has 0 aromatic carbocycles. The summed E-state index contributed by atoms with van der Waals surface area (Å²) in [6, 6.07) is 0. The van der Waals surface area contributed by atoms with Crippen molar-refractivity contribution in [3.05, 3.63) is 0 Å². The van der Waals surface area contributed by atoms with Gasteiger partial charge < -0.3 is 18.9 Å². The lowest BCUT2D eigenvalue weighted by molar-refractivity contribution is 0.0421. The highest BCUT2D eigenvalue weighted by Crippen LogP contribution is 2.07. The molecule has 0 aromatic heterocycles. The van der Waals surface area contributed by atoms with Crippen LogP contribution in [0.15, 0.2) is 0 Å². The zero-order valence-corrected chi connectivity index (χ0v) is 8.87. The Morgan fingerprint density at radius 3 is 2.29 bits per heavy atom. The highest BCUT2D eigenvalue weighted by Gasteiger charge is 2.21. The van der Waals surface area contributed by atoms with Crippen molar-refractivity contribution >= 4 is 0 Å². The zero-order chi connectivity index (χ0) is 10.1. The highest BCUT2D eigenvalue weighted by molar-refractivity contribution is 4.66. The lowest BCUT2D eigenvalue weighted by Gasteiger charge is -2.02. The second kappa shape index (κ2) is 8.17. The Morgan fingerprint density at radius 1 is 1.14 bits per heavy atom. The summed E-state index contributed by atoms with van der Waals surface area (Å²) >= 11 is 0. The van der Waals surface area contributed by atoms with E-state index in [9.17, 15) is 0 Å². The lowest BCUT2D eigenvalue weighted by atomic mass is 10.5. The molecule has 1 atom stereocenters. The summed E-state index contributed by atoms with van der Waals surface area (Å²) < 4.78 is 19.9. The van der Waals surface area contributed by atoms with E-state index >= 15 is 0 Å². The van der Waals surface area contributed by atoms with Gasteiger partial charge in [0.05, 0.1) is 39.6 Å². The third kappa shape index (κ3) is 9.92. The predicted octanol–water partition coefficient (Wildman–Crippen LogP) is 0.845. The Balaban J connectivity index is 0.000000276. The van der Waals surface area contributed by atoms with Gasteiger partial charge in [0.1, 0.15) is 6.10 Å². The fraction of sp³-hybridized carbons (Fsp3) is 1.00. The van der Waals surface area contributed by atoms with Crippen LogP contribution in [0.4, 0.5) is 0 Å². The van der Waals surface area contributed by atoms with Gasteiger partial charge >= 0.3 is 0 Å². The van der Waals surface area contributed by atoms with Gasteiger partial charge in [0.25, 0.3) is 0 Å². The minimum atomic E-state index is 0.376. The quantitative estimate of drug-likeness (QED) is 0.455. The second-order valence-corrected chi connectivity index (χ2v) is 3.26. The van der Waals surface area contributed by atoms with Crippen LogP contribution < -0.4 is 0 Å². The van der Waals surface area contributed by atoms with Crippen molar-refractivity contribution < 1.29 is 18.9 Å². The summed E-state index contributed by atoms with van der Waals surface area (Å²) in [5.74, 6) is 0. The van der Waals surface area contributed by atoms with Crippen molar-refractivity contribution in [1.82, 2.24) is 0 Å². The maximum Gasteiger partial charge on any atom is 0.104 e. The van der Waals surface area contributed by atoms with Gasteiger partial charge in [0.15, 0.2) is 0 Å². The maximum absolute atomic E-state index is 5.25. The standard InChI is InChI=1S/C8H16O3.C2H4O/c1-2-3-9-4-5-10-6-8-7-11-8;1-2-3-1/h8H,2-7H2,1H3;1-2H2. The monoisotopic (exact) mass is 204 g/mol. The van der Waals surface area contributed by atoms with Crippen LogP contribution >= 0.6 is 0 Å². The molecule has 0 amide bonds. The molecule has 4 nitrogen and oxygen atoms in total. The van der Waals surface area contributed by atoms with Gasteiger partial charge in [-0.15, -0.1) is 0 Å². The Kier molecular flexibility index (Phi) is 6.95. The van der Waals surface area contributed by atoms with Crippen molar-refractivity contribution in [1.29, 1.82) is 0 Å². The van der Waals surface area contributed by atoms with Crippen LogP contribution in [0, 0.1) is 0 Å². The molecule has 2 heterocycles. The molecule has 14 heavy (non-hydrogen) atoms. The molecule has 2 rings (SSSR count). The minimum absolute atomic E-state index is 0.376. The van der Waals surface area contributed by atoms with Crippen molar-refractivity contribution in [2.24, 2.45) is 0 Å². The van der Waals surface area contributed by atoms with E-state index in [0.717, 1.165) is 39.5 Å². The number of rotatable bonds is 7. The topological polar surface area (TPSA) is 43.5 Å². The van der Waals surface area contributed by atoms with Crippen LogP contribution in [0.5, 0.6) is 0 Å². The largest absolute Gasteiger partial charge is 0.379 e. The van der Waals surface area contributed by atoms with E-state index in [1.165, 1.54) is 0 Å². The van der Waals surface area contributed by atoms with Gasteiger partial charge in [-0.2, -0.15) is 0 Å². The van der Waals surface area contributed by atoms with Gasteiger partial charge in [0.2, 0.25) is 0 Å². The first-order valence-electron chi connectivity index (χ1n) is 5.28. The van der Waals surface area contributed by atoms with E-state index < -0.39 is 0 Å². The molecule has 0 aliphatic carbocycles. The first kappa shape index (κ1) is 11.9. The second-order valence-electron chi connectivity index (χ2n) is 3.26. The SMILES string of the molecule is C1CO1.CCCOCCOCC1CO1. The summed E-state index contributed by atoms with van der Waals surface area (Å²) in [5, 5.41) is 0. The Morgan fingerprint density at radius 2 is 1.79 bits per heavy atom. The van der Waals surface area contributed by atoms with E-state index in [4.69, 9.17) is 14.2 Å². The summed E-state index contributed by atoms with van der Waals surface area (Å²) in [4.78, 5) is 0. The summed E-state index contributed by atoms with van der Waals surface area (Å²) in [7, 11) is 0. The van der Waals surface area contributed by atoms with E-state index in [2.05, 4.69) is 11.7 Å². The fourth-order valence-electron chi connectivity index (χ4n) is 0.743. The molecule has 0 saturated carbocycles. The van der Waals surface area contributed by atoms with Crippen LogP contribution in [0.25, 0.3) is 0 Å². The van der Waals surface area contributed by atoms with Gasteiger partial charge in [-0.25, -0.2) is 0 Å². The fourth-order valence-corrected chi connectivity index (χ4v) is 0.743. The average Bonchev–Trinajstić information content (AvgIpc) is 3.07. The minimum Gasteiger partial charge on any atom is -0.379 e. The number of ether oxygens (including phenoxy) is 4. The summed E-state index contributed by atoms with van der Waals surface area (Å²) in [6.45, 7) is 7.94. The number of hydrogen-bond donors (Lipinski definition) is 0. The summed E-state index contributed by atoms with van der Waals surface area (Å²) in [6.07, 6.45) is 1.45. The predicted molar refractivity (Wildman–Crippen MR) is 52.5 cm³/mol. The van der Waals surface area contributed by atoms with Crippen LogP contribution in [-0.2, 0) is 18.9 Å². The highest BCUT2D eigenvalue weighted by atomic mass is 16.6. The molecule has 2 aliphatic rings. The van der Waals surface area contributed by atoms with E-state index in [-0.39, 0.29) is 0 Å². The molecule has 0 aromatic rings. The third-order valence-corrected chi connectivity index (χ3v) is 1.63. The van der Waals surface area contributed by atoms with Crippen molar-refractivity contribution in [3.8, 4) is 0 Å². The number of hydrogen-bond acceptors (Lipinski definition) is 4. The molecule has 0 radical (unpaired) electrons. The first-order chi connectivity index (χ1) is 6.93. The van der Waals surface area contributed by atoms with Gasteiger partial charge in [-0.05, 0) is 6.42 Å². The molecule has 0 bridgehead atoms. The molecule has 2 saturated heterocycles. The van der Waals surface area contributed by atoms with Gasteiger partial charge in [-0.1, -0.05) is 6.92 Å². The zero-order valence-electron chi connectivity index (χ0n) is 8.87. The molecule has 4 heteroatoms. The normalized spacial score (nSPS) is 22.5. The Bertz CT molecular complexity index is 121. The first-order valence-corrected chi connectivity index (χ1v) is 5.28. The van der Waals surface area contributed by atoms with Gasteiger partial charge in [-0.3, -0.25) is 0 Å². The smallest absolute Gasteiger partial charge is 0.104 e. The lowest BCUT2D eigenvalue weighted by Crippen LogP contribution is -2.08. The van der Waals surface area contributed by atoms with Crippen LogP contribution in [-0.4, -0.2) is 52.4 Å². The Labute approximate surface area is 85.5 Å². The molecule has 0 N–H and O–H groups in total. The van der Waals surface area contributed by atoms with Crippen LogP contribution in [0.1, 0.15) is 13.3 Å². The van der Waals surface area contributed by atoms with Crippen molar-refractivity contribution in [2.45, 2.75) is 19.4 Å². The Hall–Kier alpha value is -0.160. The van der Waals surface area contributed by atoms with Crippen LogP contribution in [0.2, 0.25) is 0 Å². The number of epoxide rings is 2. The van der Waals surface area contributed by atoms with E-state index in [0.29, 0.717) is 19.3 Å². The third-order valence-electron chi connectivity index (χ3n) is 1.63. The molecular formula is C10H20O4. The molecule has 2 fully saturated rings. The summed E-state index contributed by atoms with van der Waals surface area (Å²) in [5.41, 5.74) is 0. The van der Waals surface area contributed by atoms with E-state index in [1.54, 1.807) is 0 Å². The molecule has 2 aliphatic heterocycles.